The van der Waals surface area contributed by atoms with Crippen molar-refractivity contribution in [1.29, 1.82) is 0 Å². The molecule has 4 heteroatoms. The number of aliphatic hydroxyl groups is 1. The minimum Gasteiger partial charge on any atom is -0.396 e. The Morgan fingerprint density at radius 1 is 1.05 bits per heavy atom. The summed E-state index contributed by atoms with van der Waals surface area (Å²) in [5, 5.41) is 9.91. The molecule has 20 heavy (non-hydrogen) atoms. The molecular weight excluding hydrogens is 268 g/mol. The highest BCUT2D eigenvalue weighted by Crippen LogP contribution is 2.26. The SMILES string of the molecule is NCCCCc1ccc(-c2ncc(CCCO)s2)cc1. The number of benzene rings is 1. The van der Waals surface area contributed by atoms with Crippen molar-refractivity contribution in [2.45, 2.75) is 32.1 Å². The van der Waals surface area contributed by atoms with E-state index in [0.717, 1.165) is 43.7 Å². The van der Waals surface area contributed by atoms with Crippen molar-refractivity contribution in [1.82, 2.24) is 4.98 Å². The number of thiazole rings is 1. The standard InChI is InChI=1S/C16H22N2OS/c17-10-2-1-4-13-6-8-14(9-7-13)16-18-12-15(20-16)5-3-11-19/h6-9,12,19H,1-5,10-11,17H2. The number of aromatic nitrogens is 1. The number of unbranched alkanes of at least 4 members (excludes halogenated alkanes) is 1. The molecule has 0 aliphatic heterocycles. The smallest absolute Gasteiger partial charge is 0.123 e. The van der Waals surface area contributed by atoms with Gasteiger partial charge in [0.05, 0.1) is 0 Å². The molecule has 1 aromatic heterocycles. The zero-order chi connectivity index (χ0) is 14.2. The number of rotatable bonds is 8. The summed E-state index contributed by atoms with van der Waals surface area (Å²) in [5.74, 6) is 0. The molecule has 2 aromatic rings. The van der Waals surface area contributed by atoms with Crippen LogP contribution in [-0.2, 0) is 12.8 Å². The summed E-state index contributed by atoms with van der Waals surface area (Å²) >= 11 is 1.71. The molecule has 0 saturated heterocycles. The number of aliphatic hydroxyl groups excluding tert-OH is 1. The van der Waals surface area contributed by atoms with E-state index in [4.69, 9.17) is 10.8 Å². The fraction of sp³-hybridized carbons (Fsp3) is 0.438. The van der Waals surface area contributed by atoms with Gasteiger partial charge >= 0.3 is 0 Å². The average molecular weight is 290 g/mol. The van der Waals surface area contributed by atoms with Gasteiger partial charge in [0.25, 0.3) is 0 Å². The molecule has 0 bridgehead atoms. The van der Waals surface area contributed by atoms with Gasteiger partial charge in [0.1, 0.15) is 5.01 Å². The van der Waals surface area contributed by atoms with Gasteiger partial charge in [-0.05, 0) is 44.2 Å². The van der Waals surface area contributed by atoms with Gasteiger partial charge in [0.15, 0.2) is 0 Å². The van der Waals surface area contributed by atoms with Gasteiger partial charge in [-0.25, -0.2) is 4.98 Å². The number of nitrogens with two attached hydrogens (primary N) is 1. The third-order valence-electron chi connectivity index (χ3n) is 3.26. The molecule has 0 fully saturated rings. The molecule has 0 aliphatic rings. The van der Waals surface area contributed by atoms with E-state index in [1.54, 1.807) is 11.3 Å². The monoisotopic (exact) mass is 290 g/mol. The lowest BCUT2D eigenvalue weighted by Gasteiger charge is -2.02. The van der Waals surface area contributed by atoms with Crippen LogP contribution in [0, 0.1) is 0 Å². The maximum atomic E-state index is 8.85. The molecule has 1 aromatic carbocycles. The quantitative estimate of drug-likeness (QED) is 0.735. The largest absolute Gasteiger partial charge is 0.396 e. The highest BCUT2D eigenvalue weighted by atomic mass is 32.1. The van der Waals surface area contributed by atoms with Crippen molar-refractivity contribution in [2.24, 2.45) is 5.73 Å². The van der Waals surface area contributed by atoms with E-state index in [1.807, 2.05) is 6.20 Å². The van der Waals surface area contributed by atoms with E-state index in [-0.39, 0.29) is 6.61 Å². The zero-order valence-corrected chi connectivity index (χ0v) is 12.5. The lowest BCUT2D eigenvalue weighted by molar-refractivity contribution is 0.289. The minimum absolute atomic E-state index is 0.241. The lowest BCUT2D eigenvalue weighted by atomic mass is 10.1. The second-order valence-electron chi connectivity index (χ2n) is 4.90. The van der Waals surface area contributed by atoms with Crippen LogP contribution in [0.2, 0.25) is 0 Å². The van der Waals surface area contributed by atoms with Crippen molar-refractivity contribution >= 4 is 11.3 Å². The Balaban J connectivity index is 1.96. The molecule has 0 radical (unpaired) electrons. The number of hydrogen-bond acceptors (Lipinski definition) is 4. The first-order valence-corrected chi connectivity index (χ1v) is 8.00. The van der Waals surface area contributed by atoms with Crippen LogP contribution >= 0.6 is 11.3 Å². The van der Waals surface area contributed by atoms with Crippen molar-refractivity contribution in [2.75, 3.05) is 13.2 Å². The first-order valence-electron chi connectivity index (χ1n) is 7.18. The number of aryl methyl sites for hydroxylation is 2. The van der Waals surface area contributed by atoms with Crippen LogP contribution in [0.1, 0.15) is 29.7 Å². The van der Waals surface area contributed by atoms with Gasteiger partial charge in [0, 0.05) is 23.2 Å². The van der Waals surface area contributed by atoms with Gasteiger partial charge in [0.2, 0.25) is 0 Å². The topological polar surface area (TPSA) is 59.1 Å². The Labute approximate surface area is 124 Å². The predicted octanol–water partition coefficient (Wildman–Crippen LogP) is 3.02. The first-order chi connectivity index (χ1) is 9.83. The molecule has 1 heterocycles. The second-order valence-corrected chi connectivity index (χ2v) is 6.02. The van der Waals surface area contributed by atoms with E-state index < -0.39 is 0 Å². The van der Waals surface area contributed by atoms with E-state index in [9.17, 15) is 0 Å². The van der Waals surface area contributed by atoms with Crippen LogP contribution < -0.4 is 5.73 Å². The number of nitrogens with zero attached hydrogens (tertiary/aromatic N) is 1. The molecule has 2 rings (SSSR count). The third-order valence-corrected chi connectivity index (χ3v) is 4.36. The van der Waals surface area contributed by atoms with Crippen LogP contribution in [0.25, 0.3) is 10.6 Å². The molecule has 0 saturated carbocycles. The number of hydrogen-bond donors (Lipinski definition) is 2. The van der Waals surface area contributed by atoms with Crippen LogP contribution in [-0.4, -0.2) is 23.2 Å². The fourth-order valence-corrected chi connectivity index (χ4v) is 3.06. The van der Waals surface area contributed by atoms with E-state index in [2.05, 4.69) is 29.2 Å². The third kappa shape index (κ3) is 4.40. The Bertz CT molecular complexity index is 507. The highest BCUT2D eigenvalue weighted by molar-refractivity contribution is 7.15. The Hall–Kier alpha value is -1.23. The Morgan fingerprint density at radius 2 is 1.85 bits per heavy atom. The van der Waals surface area contributed by atoms with Crippen molar-refractivity contribution < 1.29 is 5.11 Å². The molecule has 0 spiro atoms. The Kier molecular flexibility index (Phi) is 6.18. The van der Waals surface area contributed by atoms with Crippen molar-refractivity contribution in [3.05, 3.63) is 40.9 Å². The van der Waals surface area contributed by atoms with Crippen LogP contribution in [0.5, 0.6) is 0 Å². The first kappa shape index (κ1) is 15.2. The van der Waals surface area contributed by atoms with E-state index >= 15 is 0 Å². The molecule has 0 atom stereocenters. The van der Waals surface area contributed by atoms with Gasteiger partial charge in [-0.1, -0.05) is 24.3 Å². The predicted molar refractivity (Wildman–Crippen MR) is 84.9 cm³/mol. The summed E-state index contributed by atoms with van der Waals surface area (Å²) < 4.78 is 0. The summed E-state index contributed by atoms with van der Waals surface area (Å²) in [5.41, 5.74) is 8.04. The molecule has 0 aliphatic carbocycles. The van der Waals surface area contributed by atoms with Crippen molar-refractivity contribution in [3.63, 3.8) is 0 Å². The summed E-state index contributed by atoms with van der Waals surface area (Å²) in [7, 11) is 0. The maximum absolute atomic E-state index is 8.85. The van der Waals surface area contributed by atoms with E-state index in [0.29, 0.717) is 0 Å². The van der Waals surface area contributed by atoms with Crippen LogP contribution in [0.3, 0.4) is 0 Å². The van der Waals surface area contributed by atoms with Gasteiger partial charge < -0.3 is 10.8 Å². The average Bonchev–Trinajstić information content (AvgIpc) is 2.95. The zero-order valence-electron chi connectivity index (χ0n) is 11.7. The normalized spacial score (nSPS) is 10.9. The maximum Gasteiger partial charge on any atom is 0.123 e. The van der Waals surface area contributed by atoms with Crippen LogP contribution in [0.4, 0.5) is 0 Å². The molecule has 0 amide bonds. The second kappa shape index (κ2) is 8.15. The van der Waals surface area contributed by atoms with Gasteiger partial charge in [-0.2, -0.15) is 0 Å². The van der Waals surface area contributed by atoms with Crippen LogP contribution in [0.15, 0.2) is 30.5 Å². The van der Waals surface area contributed by atoms with Crippen molar-refractivity contribution in [3.8, 4) is 10.6 Å². The molecule has 3 nitrogen and oxygen atoms in total. The van der Waals surface area contributed by atoms with E-state index in [1.165, 1.54) is 16.0 Å². The molecular formula is C16H22N2OS. The summed E-state index contributed by atoms with van der Waals surface area (Å²) in [6.07, 6.45) is 6.97. The molecule has 108 valence electrons. The van der Waals surface area contributed by atoms with Gasteiger partial charge in [-0.3, -0.25) is 0 Å². The Morgan fingerprint density at radius 3 is 2.55 bits per heavy atom. The fourth-order valence-electron chi connectivity index (χ4n) is 2.10. The van der Waals surface area contributed by atoms with Gasteiger partial charge in [-0.15, -0.1) is 11.3 Å². The highest BCUT2D eigenvalue weighted by Gasteiger charge is 2.04. The summed E-state index contributed by atoms with van der Waals surface area (Å²) in [6.45, 7) is 1.01. The molecule has 0 unspecified atom stereocenters. The molecule has 3 N–H and O–H groups in total. The summed E-state index contributed by atoms with van der Waals surface area (Å²) in [4.78, 5) is 5.70. The lowest BCUT2D eigenvalue weighted by Crippen LogP contribution is -1.98. The summed E-state index contributed by atoms with van der Waals surface area (Å²) in [6, 6.07) is 8.65. The minimum atomic E-state index is 0.241.